The first-order valence-electron chi connectivity index (χ1n) is 4.75. The summed E-state index contributed by atoms with van der Waals surface area (Å²) in [5.41, 5.74) is 1.61. The van der Waals surface area contributed by atoms with Crippen LogP contribution in [0.4, 0.5) is 5.69 Å². The molecule has 1 aromatic rings. The third-order valence-corrected chi connectivity index (χ3v) is 2.29. The van der Waals surface area contributed by atoms with E-state index in [0.717, 1.165) is 5.56 Å². The largest absolute Gasteiger partial charge is 0.355 e. The molecule has 0 spiro atoms. The Morgan fingerprint density at radius 1 is 1.31 bits per heavy atom. The van der Waals surface area contributed by atoms with Crippen molar-refractivity contribution in [1.82, 2.24) is 5.32 Å². The summed E-state index contributed by atoms with van der Waals surface area (Å²) >= 11 is 5.87. The molecule has 0 bridgehead atoms. The zero-order valence-electron chi connectivity index (χ0n) is 9.35. The van der Waals surface area contributed by atoms with Crippen molar-refractivity contribution in [3.8, 4) is 0 Å². The number of hydrogen-bond donors (Lipinski definition) is 2. The SMILES string of the molecule is CNC(=O)c1cc(Cl)cc(C)c1NC(C)=O. The number of nitrogens with one attached hydrogen (secondary N) is 2. The van der Waals surface area contributed by atoms with Crippen molar-refractivity contribution in [2.45, 2.75) is 13.8 Å². The number of carbonyl (C=O) groups is 2. The van der Waals surface area contributed by atoms with E-state index in [9.17, 15) is 9.59 Å². The molecule has 16 heavy (non-hydrogen) atoms. The maximum atomic E-state index is 11.6. The molecule has 86 valence electrons. The summed E-state index contributed by atoms with van der Waals surface area (Å²) in [7, 11) is 1.52. The van der Waals surface area contributed by atoms with E-state index in [4.69, 9.17) is 11.6 Å². The predicted octanol–water partition coefficient (Wildman–Crippen LogP) is 1.97. The number of aryl methyl sites for hydroxylation is 1. The lowest BCUT2D eigenvalue weighted by molar-refractivity contribution is -0.114. The smallest absolute Gasteiger partial charge is 0.253 e. The van der Waals surface area contributed by atoms with E-state index in [-0.39, 0.29) is 11.8 Å². The van der Waals surface area contributed by atoms with E-state index < -0.39 is 0 Å². The van der Waals surface area contributed by atoms with Crippen LogP contribution < -0.4 is 10.6 Å². The molecule has 1 rings (SSSR count). The second-order valence-corrected chi connectivity index (χ2v) is 3.84. The van der Waals surface area contributed by atoms with Gasteiger partial charge in [0.25, 0.3) is 5.91 Å². The molecule has 5 heteroatoms. The number of anilines is 1. The average Bonchev–Trinajstić information content (AvgIpc) is 2.20. The standard InChI is InChI=1S/C11H13ClN2O2/c1-6-4-8(12)5-9(11(16)13-3)10(6)14-7(2)15/h4-5H,1-3H3,(H,13,16)(H,14,15). The minimum absolute atomic E-state index is 0.226. The second-order valence-electron chi connectivity index (χ2n) is 3.41. The Kier molecular flexibility index (Phi) is 3.90. The van der Waals surface area contributed by atoms with Gasteiger partial charge in [0, 0.05) is 19.0 Å². The molecule has 0 radical (unpaired) electrons. The van der Waals surface area contributed by atoms with Crippen LogP contribution >= 0.6 is 11.6 Å². The zero-order chi connectivity index (χ0) is 12.3. The van der Waals surface area contributed by atoms with Gasteiger partial charge >= 0.3 is 0 Å². The van der Waals surface area contributed by atoms with Gasteiger partial charge in [-0.15, -0.1) is 0 Å². The molecule has 0 aromatic heterocycles. The second kappa shape index (κ2) is 4.99. The molecule has 1 aromatic carbocycles. The van der Waals surface area contributed by atoms with Gasteiger partial charge in [0.1, 0.15) is 0 Å². The van der Waals surface area contributed by atoms with Crippen LogP contribution in [-0.4, -0.2) is 18.9 Å². The Balaban J connectivity index is 3.31. The normalized spacial score (nSPS) is 9.75. The van der Waals surface area contributed by atoms with Crippen LogP contribution in [-0.2, 0) is 4.79 Å². The van der Waals surface area contributed by atoms with Crippen molar-refractivity contribution in [2.75, 3.05) is 12.4 Å². The van der Waals surface area contributed by atoms with E-state index in [0.29, 0.717) is 16.3 Å². The molecule has 4 nitrogen and oxygen atoms in total. The van der Waals surface area contributed by atoms with Crippen molar-refractivity contribution in [3.05, 3.63) is 28.3 Å². The molecule has 2 N–H and O–H groups in total. The van der Waals surface area contributed by atoms with Crippen molar-refractivity contribution >= 4 is 29.1 Å². The summed E-state index contributed by atoms with van der Waals surface area (Å²) in [5.74, 6) is -0.509. The molecule has 0 saturated heterocycles. The van der Waals surface area contributed by atoms with Crippen LogP contribution in [0.25, 0.3) is 0 Å². The van der Waals surface area contributed by atoms with E-state index in [1.165, 1.54) is 20.0 Å². The van der Waals surface area contributed by atoms with Crippen LogP contribution in [0.15, 0.2) is 12.1 Å². The van der Waals surface area contributed by atoms with Gasteiger partial charge in [-0.25, -0.2) is 0 Å². The van der Waals surface area contributed by atoms with E-state index >= 15 is 0 Å². The summed E-state index contributed by atoms with van der Waals surface area (Å²) in [6.07, 6.45) is 0. The van der Waals surface area contributed by atoms with Gasteiger partial charge in [-0.3, -0.25) is 9.59 Å². The highest BCUT2D eigenvalue weighted by Crippen LogP contribution is 2.25. The quantitative estimate of drug-likeness (QED) is 0.830. The predicted molar refractivity (Wildman–Crippen MR) is 63.9 cm³/mol. The zero-order valence-corrected chi connectivity index (χ0v) is 10.1. The first-order chi connectivity index (χ1) is 7.45. The molecule has 2 amide bonds. The highest BCUT2D eigenvalue weighted by atomic mass is 35.5. The highest BCUT2D eigenvalue weighted by molar-refractivity contribution is 6.31. The van der Waals surface area contributed by atoms with Crippen LogP contribution in [0.3, 0.4) is 0 Å². The molecule has 0 aliphatic heterocycles. The van der Waals surface area contributed by atoms with Crippen LogP contribution in [0.2, 0.25) is 5.02 Å². The van der Waals surface area contributed by atoms with Gasteiger partial charge in [0.05, 0.1) is 11.3 Å². The van der Waals surface area contributed by atoms with Crippen molar-refractivity contribution in [2.24, 2.45) is 0 Å². The molecule has 0 fully saturated rings. The van der Waals surface area contributed by atoms with Gasteiger partial charge in [-0.2, -0.15) is 0 Å². The molecule has 0 atom stereocenters. The van der Waals surface area contributed by atoms with Gasteiger partial charge < -0.3 is 10.6 Å². The molecule has 0 aliphatic rings. The first kappa shape index (κ1) is 12.5. The molecule has 0 unspecified atom stereocenters. The van der Waals surface area contributed by atoms with Crippen molar-refractivity contribution in [3.63, 3.8) is 0 Å². The number of carbonyl (C=O) groups excluding carboxylic acids is 2. The van der Waals surface area contributed by atoms with Gasteiger partial charge in [-0.05, 0) is 24.6 Å². The van der Waals surface area contributed by atoms with Gasteiger partial charge in [0.2, 0.25) is 5.91 Å². The first-order valence-corrected chi connectivity index (χ1v) is 5.13. The fourth-order valence-corrected chi connectivity index (χ4v) is 1.67. The van der Waals surface area contributed by atoms with Gasteiger partial charge in [0.15, 0.2) is 0 Å². The lowest BCUT2D eigenvalue weighted by atomic mass is 10.1. The molecular formula is C11H13ClN2O2. The van der Waals surface area contributed by atoms with Crippen molar-refractivity contribution < 1.29 is 9.59 Å². The number of hydrogen-bond acceptors (Lipinski definition) is 2. The fourth-order valence-electron chi connectivity index (χ4n) is 1.40. The number of benzene rings is 1. The molecule has 0 aliphatic carbocycles. The summed E-state index contributed by atoms with van der Waals surface area (Å²) in [5, 5.41) is 5.59. The third kappa shape index (κ3) is 2.73. The van der Waals surface area contributed by atoms with Crippen molar-refractivity contribution in [1.29, 1.82) is 0 Å². The van der Waals surface area contributed by atoms with Crippen LogP contribution in [0, 0.1) is 6.92 Å². The lowest BCUT2D eigenvalue weighted by Crippen LogP contribution is -2.21. The van der Waals surface area contributed by atoms with E-state index in [1.54, 1.807) is 13.0 Å². The minimum Gasteiger partial charge on any atom is -0.355 e. The maximum absolute atomic E-state index is 11.6. The van der Waals surface area contributed by atoms with Crippen LogP contribution in [0.1, 0.15) is 22.8 Å². The monoisotopic (exact) mass is 240 g/mol. The fraction of sp³-hybridized carbons (Fsp3) is 0.273. The summed E-state index contributed by atoms with van der Waals surface area (Å²) < 4.78 is 0. The summed E-state index contributed by atoms with van der Waals surface area (Å²) in [4.78, 5) is 22.6. The number of halogens is 1. The lowest BCUT2D eigenvalue weighted by Gasteiger charge is -2.12. The Hall–Kier alpha value is -1.55. The van der Waals surface area contributed by atoms with E-state index in [1.807, 2.05) is 0 Å². The third-order valence-electron chi connectivity index (χ3n) is 2.07. The molecule has 0 heterocycles. The Morgan fingerprint density at radius 3 is 2.44 bits per heavy atom. The molecular weight excluding hydrogens is 228 g/mol. The Labute approximate surface area is 99.0 Å². The highest BCUT2D eigenvalue weighted by Gasteiger charge is 2.14. The topological polar surface area (TPSA) is 58.2 Å². The summed E-state index contributed by atoms with van der Waals surface area (Å²) in [6.45, 7) is 3.17. The van der Waals surface area contributed by atoms with Gasteiger partial charge in [-0.1, -0.05) is 11.6 Å². The number of rotatable bonds is 2. The van der Waals surface area contributed by atoms with E-state index in [2.05, 4.69) is 10.6 Å². The molecule has 0 saturated carbocycles. The van der Waals surface area contributed by atoms with Crippen LogP contribution in [0.5, 0.6) is 0 Å². The maximum Gasteiger partial charge on any atom is 0.253 e. The average molecular weight is 241 g/mol. The Morgan fingerprint density at radius 2 is 1.94 bits per heavy atom. The Bertz CT molecular complexity index is 444. The number of amides is 2. The summed E-state index contributed by atoms with van der Waals surface area (Å²) in [6, 6.07) is 3.22. The minimum atomic E-state index is -0.283.